The van der Waals surface area contributed by atoms with E-state index in [-0.39, 0.29) is 19.1 Å². The molecule has 0 atom stereocenters. The Balaban J connectivity index is 1.71. The Morgan fingerprint density at radius 2 is 1.95 bits per heavy atom. The molecule has 8 heteroatoms. The van der Waals surface area contributed by atoms with Gasteiger partial charge in [0.1, 0.15) is 0 Å². The van der Waals surface area contributed by atoms with E-state index >= 15 is 0 Å². The molecular formula is C14H24F3N3O2. The number of piperidine rings is 1. The van der Waals surface area contributed by atoms with Gasteiger partial charge in [-0.25, -0.2) is 4.79 Å². The van der Waals surface area contributed by atoms with Crippen LogP contribution in [-0.4, -0.2) is 71.5 Å². The SMILES string of the molecule is CCN(CCNC(=O)N1CCC(O)(C(F)(F)F)CC1)C1CC1. The lowest BCUT2D eigenvalue weighted by Gasteiger charge is -2.39. The van der Waals surface area contributed by atoms with E-state index in [0.717, 1.165) is 13.1 Å². The Labute approximate surface area is 128 Å². The second kappa shape index (κ2) is 6.62. The number of carbonyl (C=O) groups is 1. The summed E-state index contributed by atoms with van der Waals surface area (Å²) in [5, 5.41) is 12.3. The summed E-state index contributed by atoms with van der Waals surface area (Å²) >= 11 is 0. The Morgan fingerprint density at radius 1 is 1.36 bits per heavy atom. The Hall–Kier alpha value is -1.02. The zero-order valence-electron chi connectivity index (χ0n) is 12.8. The van der Waals surface area contributed by atoms with E-state index in [2.05, 4.69) is 17.1 Å². The molecule has 5 nitrogen and oxygen atoms in total. The highest BCUT2D eigenvalue weighted by atomic mass is 19.4. The molecule has 2 fully saturated rings. The van der Waals surface area contributed by atoms with E-state index < -0.39 is 24.6 Å². The fourth-order valence-electron chi connectivity index (χ4n) is 2.82. The number of alkyl halides is 3. The normalized spacial score (nSPS) is 22.0. The number of hydrogen-bond donors (Lipinski definition) is 2. The minimum absolute atomic E-state index is 0.0814. The largest absolute Gasteiger partial charge is 0.417 e. The predicted molar refractivity (Wildman–Crippen MR) is 75.5 cm³/mol. The number of rotatable bonds is 5. The van der Waals surface area contributed by atoms with Crippen molar-refractivity contribution in [3.63, 3.8) is 0 Å². The number of hydrogen-bond acceptors (Lipinski definition) is 3. The summed E-state index contributed by atoms with van der Waals surface area (Å²) in [6, 6.07) is 0.273. The number of halogens is 3. The quantitative estimate of drug-likeness (QED) is 0.807. The number of urea groups is 1. The molecule has 0 spiro atoms. The van der Waals surface area contributed by atoms with Gasteiger partial charge in [0.05, 0.1) is 0 Å². The second-order valence-electron chi connectivity index (χ2n) is 6.11. The Bertz CT molecular complexity index is 391. The van der Waals surface area contributed by atoms with E-state index in [1.54, 1.807) is 0 Å². The van der Waals surface area contributed by atoms with Crippen molar-refractivity contribution in [2.75, 3.05) is 32.7 Å². The maximum atomic E-state index is 12.7. The first-order valence-corrected chi connectivity index (χ1v) is 7.83. The lowest BCUT2D eigenvalue weighted by atomic mass is 9.91. The van der Waals surface area contributed by atoms with Crippen LogP contribution in [0.2, 0.25) is 0 Å². The smallest absolute Gasteiger partial charge is 0.380 e. The van der Waals surface area contributed by atoms with Gasteiger partial charge in [0.25, 0.3) is 0 Å². The summed E-state index contributed by atoms with van der Waals surface area (Å²) in [5.74, 6) is 0. The number of nitrogens with zero attached hydrogens (tertiary/aromatic N) is 2. The lowest BCUT2D eigenvalue weighted by molar-refractivity contribution is -0.271. The van der Waals surface area contributed by atoms with Crippen molar-refractivity contribution in [3.8, 4) is 0 Å². The van der Waals surface area contributed by atoms with Crippen LogP contribution in [0.5, 0.6) is 0 Å². The monoisotopic (exact) mass is 323 g/mol. The average Bonchev–Trinajstić information content (AvgIpc) is 3.27. The minimum atomic E-state index is -4.64. The first-order chi connectivity index (χ1) is 10.3. The summed E-state index contributed by atoms with van der Waals surface area (Å²) in [7, 11) is 0. The maximum absolute atomic E-state index is 12.7. The van der Waals surface area contributed by atoms with Gasteiger partial charge < -0.3 is 15.3 Å². The summed E-state index contributed by atoms with van der Waals surface area (Å²) in [6.45, 7) is 4.09. The maximum Gasteiger partial charge on any atom is 0.417 e. The number of likely N-dealkylation sites (N-methyl/N-ethyl adjacent to an activating group) is 1. The van der Waals surface area contributed by atoms with Gasteiger partial charge in [-0.2, -0.15) is 13.2 Å². The van der Waals surface area contributed by atoms with Gasteiger partial charge in [-0.05, 0) is 19.4 Å². The van der Waals surface area contributed by atoms with Crippen LogP contribution in [0.3, 0.4) is 0 Å². The van der Waals surface area contributed by atoms with Crippen LogP contribution in [0.15, 0.2) is 0 Å². The van der Waals surface area contributed by atoms with Crippen LogP contribution >= 0.6 is 0 Å². The molecule has 1 heterocycles. The highest BCUT2D eigenvalue weighted by molar-refractivity contribution is 5.74. The van der Waals surface area contributed by atoms with Crippen molar-refractivity contribution in [1.29, 1.82) is 0 Å². The molecule has 0 aromatic rings. The fraction of sp³-hybridized carbons (Fsp3) is 0.929. The molecule has 22 heavy (non-hydrogen) atoms. The highest BCUT2D eigenvalue weighted by Gasteiger charge is 2.54. The summed E-state index contributed by atoms with van der Waals surface area (Å²) in [4.78, 5) is 15.6. The average molecular weight is 323 g/mol. The second-order valence-corrected chi connectivity index (χ2v) is 6.11. The number of nitrogens with one attached hydrogen (secondary N) is 1. The molecule has 2 rings (SSSR count). The zero-order valence-corrected chi connectivity index (χ0v) is 12.8. The Morgan fingerprint density at radius 3 is 2.41 bits per heavy atom. The Kier molecular flexibility index (Phi) is 5.21. The van der Waals surface area contributed by atoms with Crippen molar-refractivity contribution in [2.45, 2.75) is 50.4 Å². The van der Waals surface area contributed by atoms with E-state index in [9.17, 15) is 23.1 Å². The minimum Gasteiger partial charge on any atom is -0.380 e. The van der Waals surface area contributed by atoms with Crippen LogP contribution in [0, 0.1) is 0 Å². The predicted octanol–water partition coefficient (Wildman–Crippen LogP) is 1.57. The molecule has 0 aromatic heterocycles. The molecule has 128 valence electrons. The third kappa shape index (κ3) is 4.04. The van der Waals surface area contributed by atoms with Gasteiger partial charge in [-0.15, -0.1) is 0 Å². The van der Waals surface area contributed by atoms with E-state index in [4.69, 9.17) is 0 Å². The molecule has 2 aliphatic rings. The summed E-state index contributed by atoms with van der Waals surface area (Å²) in [5.41, 5.74) is -2.66. The van der Waals surface area contributed by atoms with Crippen molar-refractivity contribution >= 4 is 6.03 Å². The van der Waals surface area contributed by atoms with Crippen molar-refractivity contribution < 1.29 is 23.1 Å². The molecular weight excluding hydrogens is 299 g/mol. The third-order valence-corrected chi connectivity index (χ3v) is 4.55. The molecule has 1 aliphatic heterocycles. The lowest BCUT2D eigenvalue weighted by Crippen LogP contribution is -2.56. The van der Waals surface area contributed by atoms with Crippen LogP contribution < -0.4 is 5.32 Å². The van der Waals surface area contributed by atoms with Gasteiger partial charge in [0.15, 0.2) is 5.60 Å². The summed E-state index contributed by atoms with van der Waals surface area (Å²) < 4.78 is 38.1. The van der Waals surface area contributed by atoms with Crippen molar-refractivity contribution in [1.82, 2.24) is 15.1 Å². The van der Waals surface area contributed by atoms with Gasteiger partial charge in [-0.1, -0.05) is 6.92 Å². The van der Waals surface area contributed by atoms with Crippen LogP contribution in [0.25, 0.3) is 0 Å². The van der Waals surface area contributed by atoms with Gasteiger partial charge in [0, 0.05) is 45.1 Å². The molecule has 1 saturated heterocycles. The van der Waals surface area contributed by atoms with E-state index in [1.807, 2.05) is 0 Å². The first-order valence-electron chi connectivity index (χ1n) is 7.83. The fourth-order valence-corrected chi connectivity index (χ4v) is 2.82. The standard InChI is InChI=1S/C14H24F3N3O2/c1-2-19(11-3-4-11)10-7-18-12(21)20-8-5-13(22,6-9-20)14(15,16)17/h11,22H,2-10H2,1H3,(H,18,21). The third-order valence-electron chi connectivity index (χ3n) is 4.55. The number of carbonyl (C=O) groups excluding carboxylic acids is 1. The van der Waals surface area contributed by atoms with Crippen LogP contribution in [-0.2, 0) is 0 Å². The molecule has 0 aromatic carbocycles. The molecule has 1 saturated carbocycles. The summed E-state index contributed by atoms with van der Waals surface area (Å²) in [6.07, 6.45) is -3.17. The molecule has 0 bridgehead atoms. The van der Waals surface area contributed by atoms with Crippen LogP contribution in [0.1, 0.15) is 32.6 Å². The highest BCUT2D eigenvalue weighted by Crippen LogP contribution is 2.38. The van der Waals surface area contributed by atoms with Crippen molar-refractivity contribution in [3.05, 3.63) is 0 Å². The molecule has 0 radical (unpaired) electrons. The molecule has 2 amide bonds. The van der Waals surface area contributed by atoms with Gasteiger partial charge >= 0.3 is 12.2 Å². The van der Waals surface area contributed by atoms with E-state index in [0.29, 0.717) is 12.6 Å². The van der Waals surface area contributed by atoms with Crippen molar-refractivity contribution in [2.24, 2.45) is 0 Å². The van der Waals surface area contributed by atoms with Gasteiger partial charge in [-0.3, -0.25) is 4.90 Å². The molecule has 1 aliphatic carbocycles. The van der Waals surface area contributed by atoms with Gasteiger partial charge in [0.2, 0.25) is 0 Å². The zero-order chi connectivity index (χ0) is 16.4. The number of aliphatic hydroxyl groups is 1. The topological polar surface area (TPSA) is 55.8 Å². The number of likely N-dealkylation sites (tertiary alicyclic amines) is 1. The van der Waals surface area contributed by atoms with E-state index in [1.165, 1.54) is 17.7 Å². The molecule has 0 unspecified atom stereocenters. The van der Waals surface area contributed by atoms with Crippen LogP contribution in [0.4, 0.5) is 18.0 Å². The molecule has 2 N–H and O–H groups in total. The number of amides is 2. The first kappa shape index (κ1) is 17.3.